The van der Waals surface area contributed by atoms with Crippen molar-refractivity contribution in [3.63, 3.8) is 0 Å². The monoisotopic (exact) mass is 251 g/mol. The predicted molar refractivity (Wildman–Crippen MR) is 67.4 cm³/mol. The number of H-pyrrole nitrogens is 1. The van der Waals surface area contributed by atoms with Crippen LogP contribution in [0.4, 0.5) is 0 Å². The highest BCUT2D eigenvalue weighted by Crippen LogP contribution is 2.26. The Morgan fingerprint density at radius 3 is 2.89 bits per heavy atom. The van der Waals surface area contributed by atoms with Crippen LogP contribution in [-0.2, 0) is 9.47 Å². The number of hydrogen-bond donors (Lipinski definition) is 1. The van der Waals surface area contributed by atoms with Gasteiger partial charge in [0, 0.05) is 32.3 Å². The Kier molecular flexibility index (Phi) is 3.63. The summed E-state index contributed by atoms with van der Waals surface area (Å²) in [5.41, 5.74) is 2.32. The highest BCUT2D eigenvalue weighted by atomic mass is 16.5. The van der Waals surface area contributed by atoms with Gasteiger partial charge in [-0.15, -0.1) is 0 Å². The van der Waals surface area contributed by atoms with Gasteiger partial charge in [0.15, 0.2) is 0 Å². The Balaban J connectivity index is 1.66. The van der Waals surface area contributed by atoms with Gasteiger partial charge in [0.25, 0.3) is 0 Å². The van der Waals surface area contributed by atoms with Crippen molar-refractivity contribution in [2.24, 2.45) is 0 Å². The third-order valence-corrected chi connectivity index (χ3v) is 4.00. The van der Waals surface area contributed by atoms with Crippen molar-refractivity contribution >= 4 is 0 Å². The molecular weight excluding hydrogens is 230 g/mol. The van der Waals surface area contributed by atoms with E-state index in [1.165, 1.54) is 5.56 Å². The van der Waals surface area contributed by atoms with Gasteiger partial charge in [0.1, 0.15) is 6.10 Å². The van der Waals surface area contributed by atoms with Gasteiger partial charge >= 0.3 is 0 Å². The summed E-state index contributed by atoms with van der Waals surface area (Å²) in [5, 5.41) is 7.16. The molecule has 2 saturated heterocycles. The zero-order valence-electron chi connectivity index (χ0n) is 10.9. The van der Waals surface area contributed by atoms with E-state index in [9.17, 15) is 0 Å². The maximum atomic E-state index is 5.88. The van der Waals surface area contributed by atoms with Crippen LogP contribution >= 0.6 is 0 Å². The first-order valence-electron chi connectivity index (χ1n) is 6.78. The van der Waals surface area contributed by atoms with Gasteiger partial charge in [-0.2, -0.15) is 5.10 Å². The number of nitrogens with zero attached hydrogens (tertiary/aromatic N) is 2. The van der Waals surface area contributed by atoms with Gasteiger partial charge in [-0.3, -0.25) is 10.00 Å². The molecule has 18 heavy (non-hydrogen) atoms. The van der Waals surface area contributed by atoms with Gasteiger partial charge in [0.05, 0.1) is 18.5 Å². The number of ether oxygens (including phenoxy) is 2. The van der Waals surface area contributed by atoms with Crippen LogP contribution in [0.2, 0.25) is 0 Å². The topological polar surface area (TPSA) is 50.4 Å². The first-order chi connectivity index (χ1) is 8.84. The lowest BCUT2D eigenvalue weighted by atomic mass is 10.0. The van der Waals surface area contributed by atoms with Gasteiger partial charge in [0.2, 0.25) is 0 Å². The molecule has 0 radical (unpaired) electrons. The van der Waals surface area contributed by atoms with Crippen molar-refractivity contribution < 1.29 is 9.47 Å². The second-order valence-electron chi connectivity index (χ2n) is 5.16. The number of nitrogens with one attached hydrogen (secondary N) is 1. The molecule has 1 aromatic rings. The Morgan fingerprint density at radius 2 is 2.17 bits per heavy atom. The highest BCUT2D eigenvalue weighted by molar-refractivity contribution is 5.17. The van der Waals surface area contributed by atoms with Crippen molar-refractivity contribution in [3.05, 3.63) is 17.5 Å². The molecule has 5 heteroatoms. The SMILES string of the molecule is Cc1cn[nH]c1[C@@H]1CN(C2CCOCC2)CCO1. The third kappa shape index (κ3) is 2.43. The molecule has 3 rings (SSSR count). The number of aromatic nitrogens is 2. The van der Waals surface area contributed by atoms with E-state index in [1.54, 1.807) is 0 Å². The zero-order valence-corrected chi connectivity index (χ0v) is 10.9. The highest BCUT2D eigenvalue weighted by Gasteiger charge is 2.29. The number of hydrogen-bond acceptors (Lipinski definition) is 4. The number of rotatable bonds is 2. The lowest BCUT2D eigenvalue weighted by Crippen LogP contribution is -2.47. The molecule has 2 aliphatic heterocycles. The van der Waals surface area contributed by atoms with E-state index < -0.39 is 0 Å². The summed E-state index contributed by atoms with van der Waals surface area (Å²) in [7, 11) is 0. The van der Waals surface area contributed by atoms with Gasteiger partial charge < -0.3 is 9.47 Å². The molecule has 1 aromatic heterocycles. The van der Waals surface area contributed by atoms with Crippen molar-refractivity contribution in [1.82, 2.24) is 15.1 Å². The normalized spacial score (nSPS) is 27.5. The van der Waals surface area contributed by atoms with E-state index >= 15 is 0 Å². The molecular formula is C13H21N3O2. The van der Waals surface area contributed by atoms with E-state index in [2.05, 4.69) is 22.0 Å². The lowest BCUT2D eigenvalue weighted by molar-refractivity contribution is -0.0649. The smallest absolute Gasteiger partial charge is 0.112 e. The van der Waals surface area contributed by atoms with E-state index in [0.29, 0.717) is 6.04 Å². The molecule has 1 atom stereocenters. The predicted octanol–water partition coefficient (Wildman–Crippen LogP) is 1.27. The minimum Gasteiger partial charge on any atom is -0.381 e. The van der Waals surface area contributed by atoms with E-state index in [-0.39, 0.29) is 6.10 Å². The van der Waals surface area contributed by atoms with Crippen molar-refractivity contribution in [3.8, 4) is 0 Å². The van der Waals surface area contributed by atoms with Crippen LogP contribution in [0.3, 0.4) is 0 Å². The average molecular weight is 251 g/mol. The van der Waals surface area contributed by atoms with E-state index in [1.807, 2.05) is 6.20 Å². The second-order valence-corrected chi connectivity index (χ2v) is 5.16. The van der Waals surface area contributed by atoms with Crippen LogP contribution in [0.25, 0.3) is 0 Å². The van der Waals surface area contributed by atoms with Crippen LogP contribution in [-0.4, -0.2) is 54.0 Å². The summed E-state index contributed by atoms with van der Waals surface area (Å²) in [6, 6.07) is 0.661. The molecule has 5 nitrogen and oxygen atoms in total. The average Bonchev–Trinajstić information content (AvgIpc) is 2.86. The number of aryl methyl sites for hydroxylation is 1. The molecule has 0 unspecified atom stereocenters. The molecule has 0 amide bonds. The summed E-state index contributed by atoms with van der Waals surface area (Å²) in [6.45, 7) is 6.68. The lowest BCUT2D eigenvalue weighted by Gasteiger charge is -2.39. The first-order valence-corrected chi connectivity index (χ1v) is 6.78. The molecule has 0 aromatic carbocycles. The Labute approximate surface area is 107 Å². The number of morpholine rings is 1. The maximum Gasteiger partial charge on any atom is 0.112 e. The van der Waals surface area contributed by atoms with Crippen LogP contribution in [0.1, 0.15) is 30.2 Å². The molecule has 0 saturated carbocycles. The maximum absolute atomic E-state index is 5.88. The van der Waals surface area contributed by atoms with Gasteiger partial charge in [-0.1, -0.05) is 0 Å². The molecule has 2 fully saturated rings. The molecule has 0 aliphatic carbocycles. The van der Waals surface area contributed by atoms with E-state index in [4.69, 9.17) is 9.47 Å². The van der Waals surface area contributed by atoms with Crippen molar-refractivity contribution in [2.45, 2.75) is 31.9 Å². The van der Waals surface area contributed by atoms with Gasteiger partial charge in [-0.05, 0) is 25.3 Å². The molecule has 0 bridgehead atoms. The van der Waals surface area contributed by atoms with Gasteiger partial charge in [-0.25, -0.2) is 0 Å². The standard InChI is InChI=1S/C13H21N3O2/c1-10-8-14-15-13(10)12-9-16(4-7-18-12)11-2-5-17-6-3-11/h8,11-12H,2-7,9H2,1H3,(H,14,15)/t12-/m0/s1. The van der Waals surface area contributed by atoms with Crippen LogP contribution in [0.15, 0.2) is 6.20 Å². The molecule has 0 spiro atoms. The first kappa shape index (κ1) is 12.1. The molecule has 2 aliphatic rings. The fraction of sp³-hybridized carbons (Fsp3) is 0.769. The summed E-state index contributed by atoms with van der Waals surface area (Å²) < 4.78 is 11.3. The van der Waals surface area contributed by atoms with Crippen LogP contribution in [0.5, 0.6) is 0 Å². The minimum absolute atomic E-state index is 0.143. The fourth-order valence-electron chi connectivity index (χ4n) is 2.91. The molecule has 100 valence electrons. The Bertz CT molecular complexity index is 387. The summed E-state index contributed by atoms with van der Waals surface area (Å²) in [4.78, 5) is 2.55. The summed E-state index contributed by atoms with van der Waals surface area (Å²) >= 11 is 0. The van der Waals surface area contributed by atoms with E-state index in [0.717, 1.165) is 51.4 Å². The summed E-state index contributed by atoms with van der Waals surface area (Å²) in [5.74, 6) is 0. The number of aromatic amines is 1. The van der Waals surface area contributed by atoms with Crippen molar-refractivity contribution in [1.29, 1.82) is 0 Å². The van der Waals surface area contributed by atoms with Crippen LogP contribution < -0.4 is 0 Å². The molecule has 3 heterocycles. The minimum atomic E-state index is 0.143. The fourth-order valence-corrected chi connectivity index (χ4v) is 2.91. The Hall–Kier alpha value is -0.910. The largest absolute Gasteiger partial charge is 0.381 e. The Morgan fingerprint density at radius 1 is 1.33 bits per heavy atom. The zero-order chi connectivity index (χ0) is 12.4. The summed E-state index contributed by atoms with van der Waals surface area (Å²) in [6.07, 6.45) is 4.30. The quantitative estimate of drug-likeness (QED) is 0.860. The third-order valence-electron chi connectivity index (χ3n) is 4.00. The van der Waals surface area contributed by atoms with Crippen LogP contribution in [0, 0.1) is 6.92 Å². The second kappa shape index (κ2) is 5.38. The van der Waals surface area contributed by atoms with Crippen molar-refractivity contribution in [2.75, 3.05) is 32.9 Å². The molecule has 1 N–H and O–H groups in total.